The number of anilines is 1. The lowest BCUT2D eigenvalue weighted by molar-refractivity contribution is 0.0299. The van der Waals surface area contributed by atoms with Gasteiger partial charge in [0.2, 0.25) is 0 Å². The van der Waals surface area contributed by atoms with Crippen LogP contribution in [0.2, 0.25) is 0 Å². The topological polar surface area (TPSA) is 71.5 Å². The minimum atomic E-state index is -0.282. The van der Waals surface area contributed by atoms with Crippen molar-refractivity contribution in [3.8, 4) is 0 Å². The number of nitrogens with one attached hydrogen (secondary N) is 1. The number of morpholine rings is 1. The smallest absolute Gasteiger partial charge is 0.272 e. The first-order valence-electron chi connectivity index (χ1n) is 7.53. The van der Waals surface area contributed by atoms with Gasteiger partial charge in [-0.25, -0.2) is 0 Å². The minimum Gasteiger partial charge on any atom is -0.378 e. The molecule has 0 bridgehead atoms. The molecule has 0 aliphatic carbocycles. The van der Waals surface area contributed by atoms with E-state index < -0.39 is 0 Å². The monoisotopic (exact) mass is 389 g/mol. The Balaban J connectivity index is 1.73. The predicted molar refractivity (Wildman–Crippen MR) is 93.1 cm³/mol. The summed E-state index contributed by atoms with van der Waals surface area (Å²) < 4.78 is 6.17. The third-order valence-corrected chi connectivity index (χ3v) is 4.17. The van der Waals surface area contributed by atoms with Gasteiger partial charge in [-0.05, 0) is 36.4 Å². The number of hydrogen-bond donors (Lipinski definition) is 1. The highest BCUT2D eigenvalue weighted by Crippen LogP contribution is 2.15. The highest BCUT2D eigenvalue weighted by Gasteiger charge is 2.20. The number of pyridine rings is 1. The summed E-state index contributed by atoms with van der Waals surface area (Å²) in [7, 11) is 0. The number of benzene rings is 1. The Kier molecular flexibility index (Phi) is 5.22. The SMILES string of the molecule is O=C(Nc1ccc(Br)cc1)c1ccnc(C(=O)N2CCOCC2)c1. The molecule has 124 valence electrons. The second-order valence-corrected chi connectivity index (χ2v) is 6.21. The number of carbonyl (C=O) groups excluding carboxylic acids is 2. The molecule has 6 nitrogen and oxygen atoms in total. The predicted octanol–water partition coefficient (Wildman–Crippen LogP) is 2.57. The molecule has 0 radical (unpaired) electrons. The van der Waals surface area contributed by atoms with Gasteiger partial charge in [0.15, 0.2) is 0 Å². The number of rotatable bonds is 3. The molecular formula is C17H16BrN3O3. The molecule has 1 aromatic heterocycles. The molecule has 0 unspecified atom stereocenters. The fourth-order valence-electron chi connectivity index (χ4n) is 2.35. The first-order chi connectivity index (χ1) is 11.6. The van der Waals surface area contributed by atoms with Crippen LogP contribution in [0.1, 0.15) is 20.8 Å². The molecule has 2 heterocycles. The molecule has 0 atom stereocenters. The van der Waals surface area contributed by atoms with Crippen molar-refractivity contribution in [1.29, 1.82) is 0 Å². The Morgan fingerprint density at radius 3 is 2.54 bits per heavy atom. The first-order valence-corrected chi connectivity index (χ1v) is 8.33. The number of carbonyl (C=O) groups is 2. The fraction of sp³-hybridized carbons (Fsp3) is 0.235. The molecule has 0 spiro atoms. The van der Waals surface area contributed by atoms with Crippen molar-refractivity contribution >= 4 is 33.4 Å². The van der Waals surface area contributed by atoms with Gasteiger partial charge in [-0.15, -0.1) is 0 Å². The Labute approximate surface area is 148 Å². The van der Waals surface area contributed by atoms with Crippen LogP contribution in [0.25, 0.3) is 0 Å². The largest absolute Gasteiger partial charge is 0.378 e. The van der Waals surface area contributed by atoms with E-state index in [1.807, 2.05) is 12.1 Å². The molecule has 1 aliphatic heterocycles. The Morgan fingerprint density at radius 2 is 1.83 bits per heavy atom. The van der Waals surface area contributed by atoms with Crippen LogP contribution in [0.15, 0.2) is 47.1 Å². The van der Waals surface area contributed by atoms with Gasteiger partial charge in [0.1, 0.15) is 5.69 Å². The molecular weight excluding hydrogens is 374 g/mol. The van der Waals surface area contributed by atoms with E-state index in [9.17, 15) is 9.59 Å². The lowest BCUT2D eigenvalue weighted by Gasteiger charge is -2.26. The lowest BCUT2D eigenvalue weighted by Crippen LogP contribution is -2.41. The van der Waals surface area contributed by atoms with Crippen LogP contribution in [0.4, 0.5) is 5.69 Å². The number of halogens is 1. The van der Waals surface area contributed by atoms with Crippen molar-refractivity contribution in [2.75, 3.05) is 31.6 Å². The van der Waals surface area contributed by atoms with Crippen LogP contribution in [0.3, 0.4) is 0 Å². The summed E-state index contributed by atoms with van der Waals surface area (Å²) in [4.78, 5) is 30.6. The van der Waals surface area contributed by atoms with Gasteiger partial charge in [0.05, 0.1) is 13.2 Å². The maximum Gasteiger partial charge on any atom is 0.272 e. The average Bonchev–Trinajstić information content (AvgIpc) is 2.64. The first kappa shape index (κ1) is 16.6. The van der Waals surface area contributed by atoms with Crippen molar-refractivity contribution in [3.05, 3.63) is 58.3 Å². The highest BCUT2D eigenvalue weighted by molar-refractivity contribution is 9.10. The molecule has 1 fully saturated rings. The Bertz CT molecular complexity index is 743. The molecule has 1 aromatic carbocycles. The molecule has 1 saturated heterocycles. The number of nitrogens with zero attached hydrogens (tertiary/aromatic N) is 2. The standard InChI is InChI=1S/C17H16BrN3O3/c18-13-1-3-14(4-2-13)20-16(22)12-5-6-19-15(11-12)17(23)21-7-9-24-10-8-21/h1-6,11H,7-10H2,(H,20,22). The molecule has 2 amide bonds. The van der Waals surface area contributed by atoms with E-state index in [4.69, 9.17) is 4.74 Å². The summed E-state index contributed by atoms with van der Waals surface area (Å²) in [5.74, 6) is -0.465. The van der Waals surface area contributed by atoms with Crippen LogP contribution in [0, 0.1) is 0 Å². The number of amides is 2. The van der Waals surface area contributed by atoms with Crippen molar-refractivity contribution in [1.82, 2.24) is 9.88 Å². The van der Waals surface area contributed by atoms with Crippen LogP contribution < -0.4 is 5.32 Å². The summed E-state index contributed by atoms with van der Waals surface area (Å²) in [6.45, 7) is 2.12. The van der Waals surface area contributed by atoms with E-state index in [0.717, 1.165) is 4.47 Å². The summed E-state index contributed by atoms with van der Waals surface area (Å²) >= 11 is 3.35. The fourth-order valence-corrected chi connectivity index (χ4v) is 2.62. The molecule has 1 aliphatic rings. The zero-order chi connectivity index (χ0) is 16.9. The average molecular weight is 390 g/mol. The van der Waals surface area contributed by atoms with Crippen LogP contribution >= 0.6 is 15.9 Å². The maximum atomic E-state index is 12.4. The summed E-state index contributed by atoms with van der Waals surface area (Å²) in [5, 5.41) is 2.80. The number of ether oxygens (including phenoxy) is 1. The van der Waals surface area contributed by atoms with E-state index >= 15 is 0 Å². The van der Waals surface area contributed by atoms with Crippen LogP contribution in [0.5, 0.6) is 0 Å². The third-order valence-electron chi connectivity index (χ3n) is 3.64. The maximum absolute atomic E-state index is 12.4. The molecule has 7 heteroatoms. The van der Waals surface area contributed by atoms with Gasteiger partial charge in [-0.2, -0.15) is 0 Å². The van der Waals surface area contributed by atoms with Gasteiger partial charge in [0, 0.05) is 35.0 Å². The van der Waals surface area contributed by atoms with E-state index in [1.165, 1.54) is 12.3 Å². The van der Waals surface area contributed by atoms with Crippen molar-refractivity contribution in [2.45, 2.75) is 0 Å². The summed E-state index contributed by atoms with van der Waals surface area (Å²) in [6.07, 6.45) is 1.48. The zero-order valence-corrected chi connectivity index (χ0v) is 14.5. The number of hydrogen-bond acceptors (Lipinski definition) is 4. The van der Waals surface area contributed by atoms with Crippen LogP contribution in [-0.4, -0.2) is 48.0 Å². The molecule has 2 aromatic rings. The van der Waals surface area contributed by atoms with Crippen molar-refractivity contribution in [3.63, 3.8) is 0 Å². The summed E-state index contributed by atoms with van der Waals surface area (Å²) in [5.41, 5.74) is 1.34. The number of aromatic nitrogens is 1. The van der Waals surface area contributed by atoms with Crippen LogP contribution in [-0.2, 0) is 4.74 Å². The summed E-state index contributed by atoms with van der Waals surface area (Å²) in [6, 6.07) is 10.4. The zero-order valence-electron chi connectivity index (χ0n) is 12.9. The molecule has 24 heavy (non-hydrogen) atoms. The van der Waals surface area contributed by atoms with Gasteiger partial charge in [-0.1, -0.05) is 15.9 Å². The molecule has 3 rings (SSSR count). The highest BCUT2D eigenvalue weighted by atomic mass is 79.9. The van der Waals surface area contributed by atoms with E-state index in [0.29, 0.717) is 37.6 Å². The van der Waals surface area contributed by atoms with Crippen molar-refractivity contribution in [2.24, 2.45) is 0 Å². The van der Waals surface area contributed by atoms with E-state index in [1.54, 1.807) is 23.1 Å². The Hall–Kier alpha value is -2.25. The quantitative estimate of drug-likeness (QED) is 0.875. The van der Waals surface area contributed by atoms with Crippen molar-refractivity contribution < 1.29 is 14.3 Å². The van der Waals surface area contributed by atoms with Gasteiger partial charge < -0.3 is 15.0 Å². The second kappa shape index (κ2) is 7.55. The second-order valence-electron chi connectivity index (χ2n) is 5.30. The normalized spacial score (nSPS) is 14.3. The van der Waals surface area contributed by atoms with Gasteiger partial charge in [0.25, 0.3) is 11.8 Å². The van der Waals surface area contributed by atoms with E-state index in [-0.39, 0.29) is 17.5 Å². The molecule has 1 N–H and O–H groups in total. The van der Waals surface area contributed by atoms with Gasteiger partial charge >= 0.3 is 0 Å². The minimum absolute atomic E-state index is 0.184. The molecule has 0 saturated carbocycles. The van der Waals surface area contributed by atoms with E-state index in [2.05, 4.69) is 26.2 Å². The Morgan fingerprint density at radius 1 is 1.12 bits per heavy atom. The lowest BCUT2D eigenvalue weighted by atomic mass is 10.2. The third kappa shape index (κ3) is 3.98. The van der Waals surface area contributed by atoms with Gasteiger partial charge in [-0.3, -0.25) is 14.6 Å².